The van der Waals surface area contributed by atoms with E-state index in [4.69, 9.17) is 10.5 Å². The number of rotatable bonds is 4. The molecule has 0 amide bonds. The summed E-state index contributed by atoms with van der Waals surface area (Å²) in [7, 11) is -2.81. The number of ether oxygens (including phenoxy) is 1. The Bertz CT molecular complexity index is 780. The molecule has 0 unspecified atom stereocenters. The first-order valence-corrected chi connectivity index (χ1v) is 7.27. The van der Waals surface area contributed by atoms with Crippen LogP contribution in [0.3, 0.4) is 0 Å². The second kappa shape index (κ2) is 5.52. The summed E-state index contributed by atoms with van der Waals surface area (Å²) in [6.45, 7) is 1.64. The zero-order valence-corrected chi connectivity index (χ0v) is 12.1. The van der Waals surface area contributed by atoms with Gasteiger partial charge in [0.15, 0.2) is 0 Å². The van der Waals surface area contributed by atoms with Gasteiger partial charge in [0.2, 0.25) is 11.8 Å². The first-order valence-electron chi connectivity index (χ1n) is 5.79. The van der Waals surface area contributed by atoms with Gasteiger partial charge in [-0.2, -0.15) is 4.98 Å². The van der Waals surface area contributed by atoms with Crippen molar-refractivity contribution in [3.8, 4) is 5.88 Å². The van der Waals surface area contributed by atoms with Crippen molar-refractivity contribution in [2.24, 2.45) is 0 Å². The Morgan fingerprint density at radius 1 is 1.29 bits per heavy atom. The Hall–Kier alpha value is -2.42. The van der Waals surface area contributed by atoms with Crippen LogP contribution in [0.2, 0.25) is 0 Å². The van der Waals surface area contributed by atoms with Gasteiger partial charge in [0.25, 0.3) is 10.0 Å². The predicted molar refractivity (Wildman–Crippen MR) is 74.9 cm³/mol. The van der Waals surface area contributed by atoms with Gasteiger partial charge in [-0.15, -0.1) is 0 Å². The first-order chi connectivity index (χ1) is 9.81. The molecule has 0 aliphatic heterocycles. The van der Waals surface area contributed by atoms with E-state index in [1.807, 2.05) is 0 Å². The maximum absolute atomic E-state index is 13.7. The highest BCUT2D eigenvalue weighted by Crippen LogP contribution is 2.20. The molecule has 9 heteroatoms. The number of hydrogen-bond acceptors (Lipinski definition) is 6. The Kier molecular flexibility index (Phi) is 3.94. The van der Waals surface area contributed by atoms with Gasteiger partial charge in [-0.3, -0.25) is 0 Å². The molecule has 0 aliphatic carbocycles. The van der Waals surface area contributed by atoms with Gasteiger partial charge >= 0.3 is 0 Å². The molecule has 0 fully saturated rings. The SMILES string of the molecule is COc1cc(C)nc(NS(=O)(=O)c2cc(N)ccc2F)n1. The molecule has 21 heavy (non-hydrogen) atoms. The van der Waals surface area contributed by atoms with Crippen molar-refractivity contribution in [1.82, 2.24) is 9.97 Å². The zero-order valence-electron chi connectivity index (χ0n) is 11.3. The molecule has 0 atom stereocenters. The summed E-state index contributed by atoms with van der Waals surface area (Å²) in [5, 5.41) is 0. The molecule has 7 nitrogen and oxygen atoms in total. The third kappa shape index (κ3) is 3.37. The number of nitrogens with zero attached hydrogens (tertiary/aromatic N) is 2. The van der Waals surface area contributed by atoms with Crippen LogP contribution in [-0.2, 0) is 10.0 Å². The average molecular weight is 312 g/mol. The molecule has 0 radical (unpaired) electrons. The molecule has 1 aromatic carbocycles. The Balaban J connectivity index is 2.42. The quantitative estimate of drug-likeness (QED) is 0.824. The number of sulfonamides is 1. The van der Waals surface area contributed by atoms with Crippen LogP contribution >= 0.6 is 0 Å². The van der Waals surface area contributed by atoms with Crippen LogP contribution in [0.25, 0.3) is 0 Å². The van der Waals surface area contributed by atoms with Crippen molar-refractivity contribution in [3.05, 3.63) is 35.8 Å². The van der Waals surface area contributed by atoms with E-state index >= 15 is 0 Å². The summed E-state index contributed by atoms with van der Waals surface area (Å²) in [6, 6.07) is 4.78. The molecule has 0 spiro atoms. The Morgan fingerprint density at radius 2 is 2.00 bits per heavy atom. The average Bonchev–Trinajstić information content (AvgIpc) is 2.40. The Morgan fingerprint density at radius 3 is 2.67 bits per heavy atom. The minimum atomic E-state index is -4.19. The monoisotopic (exact) mass is 312 g/mol. The summed E-state index contributed by atoms with van der Waals surface area (Å²) in [5.41, 5.74) is 6.09. The second-order valence-electron chi connectivity index (χ2n) is 4.17. The molecule has 1 heterocycles. The second-order valence-corrected chi connectivity index (χ2v) is 5.82. The maximum Gasteiger partial charge on any atom is 0.267 e. The van der Waals surface area contributed by atoms with Crippen LogP contribution in [0, 0.1) is 12.7 Å². The number of aryl methyl sites for hydroxylation is 1. The minimum Gasteiger partial charge on any atom is -0.481 e. The first kappa shape index (κ1) is 15.0. The Labute approximate surface area is 121 Å². The van der Waals surface area contributed by atoms with Crippen molar-refractivity contribution in [2.45, 2.75) is 11.8 Å². The van der Waals surface area contributed by atoms with Crippen molar-refractivity contribution in [2.75, 3.05) is 17.6 Å². The third-order valence-corrected chi connectivity index (χ3v) is 3.85. The fraction of sp³-hybridized carbons (Fsp3) is 0.167. The molecule has 112 valence electrons. The van der Waals surface area contributed by atoms with Gasteiger partial charge in [-0.05, 0) is 25.1 Å². The standard InChI is InChI=1S/C12H13FN4O3S/c1-7-5-11(20-2)16-12(15-7)17-21(18,19)10-6-8(14)3-4-9(10)13/h3-6H,14H2,1-2H3,(H,15,16,17). The van der Waals surface area contributed by atoms with E-state index in [0.29, 0.717) is 5.69 Å². The predicted octanol–water partition coefficient (Wildman–Crippen LogP) is 1.32. The number of aromatic nitrogens is 2. The van der Waals surface area contributed by atoms with Crippen LogP contribution in [0.15, 0.2) is 29.2 Å². The molecule has 0 saturated carbocycles. The lowest BCUT2D eigenvalue weighted by Crippen LogP contribution is -2.17. The molecule has 0 saturated heterocycles. The van der Waals surface area contributed by atoms with Crippen molar-refractivity contribution >= 4 is 21.7 Å². The number of nitrogens with two attached hydrogens (primary N) is 1. The summed E-state index contributed by atoms with van der Waals surface area (Å²) in [4.78, 5) is 7.17. The molecular weight excluding hydrogens is 299 g/mol. The molecule has 0 aliphatic rings. The van der Waals surface area contributed by atoms with Crippen LogP contribution in [0.5, 0.6) is 5.88 Å². The van der Waals surface area contributed by atoms with Gasteiger partial charge in [0.05, 0.1) is 7.11 Å². The van der Waals surface area contributed by atoms with E-state index in [2.05, 4.69) is 14.7 Å². The van der Waals surface area contributed by atoms with Gasteiger partial charge in [0, 0.05) is 17.4 Å². The fourth-order valence-corrected chi connectivity index (χ4v) is 2.65. The van der Waals surface area contributed by atoms with Gasteiger partial charge in [-0.1, -0.05) is 0 Å². The highest BCUT2D eigenvalue weighted by Gasteiger charge is 2.21. The van der Waals surface area contributed by atoms with E-state index in [0.717, 1.165) is 12.1 Å². The molecule has 3 N–H and O–H groups in total. The van der Waals surface area contributed by atoms with Crippen LogP contribution < -0.4 is 15.2 Å². The number of benzene rings is 1. The molecular formula is C12H13FN4O3S. The van der Waals surface area contributed by atoms with Crippen molar-refractivity contribution in [3.63, 3.8) is 0 Å². The van der Waals surface area contributed by atoms with E-state index in [-0.39, 0.29) is 17.5 Å². The number of hydrogen-bond donors (Lipinski definition) is 2. The zero-order chi connectivity index (χ0) is 15.6. The number of methoxy groups -OCH3 is 1. The van der Waals surface area contributed by atoms with Gasteiger partial charge in [0.1, 0.15) is 10.7 Å². The minimum absolute atomic E-state index is 0.125. The van der Waals surface area contributed by atoms with E-state index in [1.165, 1.54) is 19.2 Å². The van der Waals surface area contributed by atoms with Crippen molar-refractivity contribution < 1.29 is 17.5 Å². The van der Waals surface area contributed by atoms with Gasteiger partial charge < -0.3 is 10.5 Å². The number of nitrogen functional groups attached to an aromatic ring is 1. The fourth-order valence-electron chi connectivity index (χ4n) is 1.59. The lowest BCUT2D eigenvalue weighted by molar-refractivity contribution is 0.397. The highest BCUT2D eigenvalue weighted by molar-refractivity contribution is 7.92. The number of nitrogens with one attached hydrogen (secondary N) is 1. The number of halogens is 1. The topological polar surface area (TPSA) is 107 Å². The number of anilines is 2. The van der Waals surface area contributed by atoms with Gasteiger partial charge in [-0.25, -0.2) is 22.5 Å². The summed E-state index contributed by atoms with van der Waals surface area (Å²) in [6.07, 6.45) is 0. The largest absolute Gasteiger partial charge is 0.481 e. The highest BCUT2D eigenvalue weighted by atomic mass is 32.2. The molecule has 0 bridgehead atoms. The normalized spacial score (nSPS) is 11.2. The van der Waals surface area contributed by atoms with Crippen LogP contribution in [0.4, 0.5) is 16.0 Å². The smallest absolute Gasteiger partial charge is 0.267 e. The molecule has 2 aromatic rings. The summed E-state index contributed by atoms with van der Waals surface area (Å²) in [5.74, 6) is -0.946. The summed E-state index contributed by atoms with van der Waals surface area (Å²) >= 11 is 0. The summed E-state index contributed by atoms with van der Waals surface area (Å²) < 4.78 is 45.0. The van der Waals surface area contributed by atoms with E-state index in [1.54, 1.807) is 6.92 Å². The van der Waals surface area contributed by atoms with Crippen LogP contribution in [-0.4, -0.2) is 25.5 Å². The van der Waals surface area contributed by atoms with Crippen LogP contribution in [0.1, 0.15) is 5.69 Å². The van der Waals surface area contributed by atoms with E-state index < -0.39 is 20.7 Å². The lowest BCUT2D eigenvalue weighted by Gasteiger charge is -2.09. The van der Waals surface area contributed by atoms with E-state index in [9.17, 15) is 12.8 Å². The molecule has 2 rings (SSSR count). The third-order valence-electron chi connectivity index (χ3n) is 2.51. The molecule has 1 aromatic heterocycles. The van der Waals surface area contributed by atoms with Crippen molar-refractivity contribution in [1.29, 1.82) is 0 Å². The maximum atomic E-state index is 13.7. The lowest BCUT2D eigenvalue weighted by atomic mass is 10.3.